The topological polar surface area (TPSA) is 131 Å². The summed E-state index contributed by atoms with van der Waals surface area (Å²) in [6.07, 6.45) is 3.97. The SMILES string of the molecule is N[C@@H](Cc1ccc(O)cc1)C(=O)N1CCC(C(COc2ccccc2)NC(=O)c2cc(C3CC3)on2)CC1. The molecule has 9 nitrogen and oxygen atoms in total. The average Bonchev–Trinajstić information content (AvgIpc) is 3.68. The van der Waals surface area contributed by atoms with Crippen LogP contribution in [-0.2, 0) is 11.2 Å². The van der Waals surface area contributed by atoms with Crippen molar-refractivity contribution < 1.29 is 24.0 Å². The van der Waals surface area contributed by atoms with Gasteiger partial charge in [0.25, 0.3) is 5.91 Å². The summed E-state index contributed by atoms with van der Waals surface area (Å²) in [5, 5.41) is 16.6. The summed E-state index contributed by atoms with van der Waals surface area (Å²) in [7, 11) is 0. The fourth-order valence-electron chi connectivity index (χ4n) is 4.93. The third-order valence-corrected chi connectivity index (χ3v) is 7.36. The number of phenolic OH excluding ortho intramolecular Hbond substituents is 1. The molecule has 2 aliphatic rings. The van der Waals surface area contributed by atoms with Gasteiger partial charge in [-0.05, 0) is 67.9 Å². The molecule has 2 heterocycles. The molecule has 0 spiro atoms. The van der Waals surface area contributed by atoms with E-state index in [2.05, 4.69) is 10.5 Å². The molecule has 0 bridgehead atoms. The van der Waals surface area contributed by atoms with E-state index < -0.39 is 6.04 Å². The number of carbonyl (C=O) groups is 2. The van der Waals surface area contributed by atoms with E-state index in [1.54, 1.807) is 35.2 Å². The van der Waals surface area contributed by atoms with E-state index in [-0.39, 0.29) is 35.2 Å². The minimum absolute atomic E-state index is 0.0900. The second-order valence-corrected chi connectivity index (χ2v) is 10.2. The number of hydrogen-bond donors (Lipinski definition) is 3. The Morgan fingerprint density at radius 2 is 1.79 bits per heavy atom. The normalized spacial score (nSPS) is 17.6. The smallest absolute Gasteiger partial charge is 0.273 e. The van der Waals surface area contributed by atoms with Gasteiger partial charge >= 0.3 is 0 Å². The number of ether oxygens (including phenoxy) is 1. The zero-order valence-electron chi connectivity index (χ0n) is 21.3. The summed E-state index contributed by atoms with van der Waals surface area (Å²) >= 11 is 0. The van der Waals surface area contributed by atoms with Gasteiger partial charge in [0.05, 0.1) is 12.1 Å². The number of aromatic hydroxyl groups is 1. The Hall–Kier alpha value is -3.85. The summed E-state index contributed by atoms with van der Waals surface area (Å²) < 4.78 is 11.4. The second-order valence-electron chi connectivity index (χ2n) is 10.2. The van der Waals surface area contributed by atoms with E-state index >= 15 is 0 Å². The third-order valence-electron chi connectivity index (χ3n) is 7.36. The fourth-order valence-corrected chi connectivity index (χ4v) is 4.93. The minimum Gasteiger partial charge on any atom is -0.508 e. The number of likely N-dealkylation sites (tertiary alicyclic amines) is 1. The van der Waals surface area contributed by atoms with Crippen molar-refractivity contribution in [2.24, 2.45) is 11.7 Å². The predicted octanol–water partition coefficient (Wildman–Crippen LogP) is 3.24. The highest BCUT2D eigenvalue weighted by molar-refractivity contribution is 5.92. The maximum Gasteiger partial charge on any atom is 0.273 e. The number of aromatic nitrogens is 1. The number of nitrogens with one attached hydrogen (secondary N) is 1. The van der Waals surface area contributed by atoms with Crippen LogP contribution in [0, 0.1) is 5.92 Å². The van der Waals surface area contributed by atoms with Crippen molar-refractivity contribution in [1.82, 2.24) is 15.4 Å². The van der Waals surface area contributed by atoms with Crippen LogP contribution >= 0.6 is 0 Å². The lowest BCUT2D eigenvalue weighted by molar-refractivity contribution is -0.134. The molecule has 0 radical (unpaired) electrons. The Balaban J connectivity index is 1.19. The van der Waals surface area contributed by atoms with Gasteiger partial charge in [0, 0.05) is 25.1 Å². The van der Waals surface area contributed by atoms with E-state index in [9.17, 15) is 14.7 Å². The van der Waals surface area contributed by atoms with Crippen molar-refractivity contribution in [3.05, 3.63) is 77.7 Å². The van der Waals surface area contributed by atoms with E-state index in [0.29, 0.717) is 44.9 Å². The number of benzene rings is 2. The van der Waals surface area contributed by atoms with Crippen LogP contribution in [0.5, 0.6) is 11.5 Å². The zero-order chi connectivity index (χ0) is 26.5. The zero-order valence-corrected chi connectivity index (χ0v) is 21.3. The molecular formula is C29H34N4O5. The van der Waals surface area contributed by atoms with Crippen molar-refractivity contribution >= 4 is 11.8 Å². The number of rotatable bonds is 10. The number of nitrogens with two attached hydrogens (primary N) is 1. The predicted molar refractivity (Wildman–Crippen MR) is 141 cm³/mol. The van der Waals surface area contributed by atoms with Gasteiger partial charge in [-0.1, -0.05) is 35.5 Å². The van der Waals surface area contributed by atoms with Gasteiger partial charge in [0.15, 0.2) is 5.69 Å². The molecule has 1 saturated carbocycles. The van der Waals surface area contributed by atoms with Crippen molar-refractivity contribution in [3.8, 4) is 11.5 Å². The van der Waals surface area contributed by atoms with Crippen LogP contribution in [0.25, 0.3) is 0 Å². The van der Waals surface area contributed by atoms with E-state index in [0.717, 1.165) is 29.9 Å². The molecule has 3 aromatic rings. The number of para-hydroxylation sites is 1. The van der Waals surface area contributed by atoms with Crippen LogP contribution in [0.3, 0.4) is 0 Å². The van der Waals surface area contributed by atoms with Gasteiger partial charge in [0.2, 0.25) is 5.91 Å². The summed E-state index contributed by atoms with van der Waals surface area (Å²) in [4.78, 5) is 27.9. The second kappa shape index (κ2) is 11.7. The Bertz CT molecular complexity index is 1220. The van der Waals surface area contributed by atoms with Gasteiger partial charge in [-0.2, -0.15) is 0 Å². The number of phenols is 1. The Morgan fingerprint density at radius 3 is 2.47 bits per heavy atom. The van der Waals surface area contributed by atoms with Crippen molar-refractivity contribution in [2.75, 3.05) is 19.7 Å². The average molecular weight is 519 g/mol. The van der Waals surface area contributed by atoms with Gasteiger partial charge in [-0.15, -0.1) is 0 Å². The molecule has 4 N–H and O–H groups in total. The van der Waals surface area contributed by atoms with Crippen LogP contribution in [0.2, 0.25) is 0 Å². The highest BCUT2D eigenvalue weighted by atomic mass is 16.5. The Labute approximate surface area is 221 Å². The highest BCUT2D eigenvalue weighted by Crippen LogP contribution is 2.40. The molecule has 2 aromatic carbocycles. The molecular weight excluding hydrogens is 484 g/mol. The van der Waals surface area contributed by atoms with Gasteiger partial charge in [-0.25, -0.2) is 0 Å². The number of piperidine rings is 1. The maximum absolute atomic E-state index is 13.0. The summed E-state index contributed by atoms with van der Waals surface area (Å²) in [5.41, 5.74) is 7.42. The molecule has 2 fully saturated rings. The summed E-state index contributed by atoms with van der Waals surface area (Å²) in [5.74, 6) is 1.81. The first-order valence-corrected chi connectivity index (χ1v) is 13.2. The molecule has 1 aliphatic heterocycles. The lowest BCUT2D eigenvalue weighted by Crippen LogP contribution is -2.52. The first-order valence-electron chi connectivity index (χ1n) is 13.2. The molecule has 2 amide bonds. The van der Waals surface area contributed by atoms with E-state index in [4.69, 9.17) is 15.0 Å². The van der Waals surface area contributed by atoms with Crippen LogP contribution in [-0.4, -0.2) is 58.8 Å². The standard InChI is InChI=1S/C29H34N4O5/c30-24(16-19-6-10-22(34)11-7-19)29(36)33-14-12-20(13-15-33)26(18-37-23-4-2-1-3-5-23)31-28(35)25-17-27(38-32-25)21-8-9-21/h1-7,10-11,17,20-21,24,26,34H,8-9,12-16,18,30H2,(H,31,35)/t24-,26?/m0/s1. The molecule has 5 rings (SSSR count). The number of hydrogen-bond acceptors (Lipinski definition) is 7. The molecule has 1 aliphatic carbocycles. The van der Waals surface area contributed by atoms with Gasteiger partial charge < -0.3 is 30.3 Å². The fraction of sp³-hybridized carbons (Fsp3) is 0.414. The molecule has 9 heteroatoms. The third kappa shape index (κ3) is 6.52. The molecule has 38 heavy (non-hydrogen) atoms. The first kappa shape index (κ1) is 25.8. The number of amides is 2. The van der Waals surface area contributed by atoms with Crippen LogP contribution in [0.4, 0.5) is 0 Å². The first-order chi connectivity index (χ1) is 18.5. The van der Waals surface area contributed by atoms with Gasteiger partial charge in [0.1, 0.15) is 23.9 Å². The van der Waals surface area contributed by atoms with E-state index in [1.165, 1.54) is 0 Å². The van der Waals surface area contributed by atoms with Crippen LogP contribution in [0.1, 0.15) is 53.4 Å². The van der Waals surface area contributed by atoms with Crippen LogP contribution < -0.4 is 15.8 Å². The Kier molecular flexibility index (Phi) is 7.93. The number of nitrogens with zero attached hydrogens (tertiary/aromatic N) is 2. The van der Waals surface area contributed by atoms with Gasteiger partial charge in [-0.3, -0.25) is 9.59 Å². The van der Waals surface area contributed by atoms with Crippen molar-refractivity contribution in [3.63, 3.8) is 0 Å². The number of carbonyl (C=O) groups excluding carboxylic acids is 2. The monoisotopic (exact) mass is 518 g/mol. The lowest BCUT2D eigenvalue weighted by atomic mass is 9.89. The molecule has 1 aromatic heterocycles. The molecule has 2 atom stereocenters. The largest absolute Gasteiger partial charge is 0.508 e. The lowest BCUT2D eigenvalue weighted by Gasteiger charge is -2.37. The maximum atomic E-state index is 13.0. The molecule has 1 unspecified atom stereocenters. The Morgan fingerprint density at radius 1 is 1.08 bits per heavy atom. The molecule has 200 valence electrons. The summed E-state index contributed by atoms with van der Waals surface area (Å²) in [6.45, 7) is 1.42. The quantitative estimate of drug-likeness (QED) is 0.376. The highest BCUT2D eigenvalue weighted by Gasteiger charge is 2.33. The summed E-state index contributed by atoms with van der Waals surface area (Å²) in [6, 6.07) is 17.1. The minimum atomic E-state index is -0.652. The molecule has 1 saturated heterocycles. The van der Waals surface area contributed by atoms with Crippen LogP contribution in [0.15, 0.2) is 65.2 Å². The van der Waals surface area contributed by atoms with Crippen molar-refractivity contribution in [1.29, 1.82) is 0 Å². The van der Waals surface area contributed by atoms with E-state index in [1.807, 2.05) is 30.3 Å². The van der Waals surface area contributed by atoms with Crippen molar-refractivity contribution in [2.45, 2.75) is 50.1 Å².